The van der Waals surface area contributed by atoms with Crippen molar-refractivity contribution in [2.24, 2.45) is 5.92 Å². The third kappa shape index (κ3) is 46.5. The Kier molecular flexibility index (Phi) is 40.4. The van der Waals surface area contributed by atoms with E-state index in [4.69, 9.17) is 0 Å². The molecule has 0 aromatic heterocycles. The molecule has 0 aromatic carbocycles. The van der Waals surface area contributed by atoms with Crippen molar-refractivity contribution in [2.75, 3.05) is 26.2 Å². The van der Waals surface area contributed by atoms with E-state index in [0.29, 0.717) is 0 Å². The van der Waals surface area contributed by atoms with Crippen LogP contribution in [0.3, 0.4) is 0 Å². The fraction of sp³-hybridized carbons (Fsp3) is 1.00. The van der Waals surface area contributed by atoms with Crippen molar-refractivity contribution >= 4 is 16.3 Å². The van der Waals surface area contributed by atoms with Gasteiger partial charge < -0.3 is 10.6 Å². The Hall–Kier alpha value is 0.452. The Morgan fingerprint density at radius 2 is 0.741 bits per heavy atom. The number of hydrogen-bond donors (Lipinski definition) is 2. The first-order valence-electron chi connectivity index (χ1n) is 12.2. The van der Waals surface area contributed by atoms with E-state index >= 15 is 0 Å². The molecule has 0 rings (SSSR count). The SMILES string of the molecule is CC(C)[CH2][Al].CCCCCNCCCCC.CCCCCNCCCCC. The molecule has 0 atom stereocenters. The summed E-state index contributed by atoms with van der Waals surface area (Å²) in [6, 6.07) is 0. The number of hydrogen-bond acceptors (Lipinski definition) is 2. The quantitative estimate of drug-likeness (QED) is 0.201. The lowest BCUT2D eigenvalue weighted by Gasteiger charge is -2.02. The summed E-state index contributed by atoms with van der Waals surface area (Å²) in [4.78, 5) is 0. The van der Waals surface area contributed by atoms with Crippen LogP contribution in [-0.2, 0) is 0 Å². The van der Waals surface area contributed by atoms with Crippen molar-refractivity contribution in [2.45, 2.75) is 124 Å². The van der Waals surface area contributed by atoms with Crippen molar-refractivity contribution < 1.29 is 0 Å². The largest absolute Gasteiger partial charge is 0.317 e. The fourth-order valence-electron chi connectivity index (χ4n) is 2.25. The van der Waals surface area contributed by atoms with Gasteiger partial charge in [0.2, 0.25) is 0 Å². The van der Waals surface area contributed by atoms with E-state index in [1.807, 2.05) is 0 Å². The van der Waals surface area contributed by atoms with Crippen LogP contribution in [-0.4, -0.2) is 42.5 Å². The van der Waals surface area contributed by atoms with E-state index in [-0.39, 0.29) is 0 Å². The van der Waals surface area contributed by atoms with Crippen LogP contribution in [0.5, 0.6) is 0 Å². The van der Waals surface area contributed by atoms with Gasteiger partial charge in [0.1, 0.15) is 16.3 Å². The Balaban J connectivity index is -0.000000344. The van der Waals surface area contributed by atoms with E-state index in [0.717, 1.165) is 5.92 Å². The summed E-state index contributed by atoms with van der Waals surface area (Å²) in [5.74, 6) is 0.847. The Morgan fingerprint density at radius 1 is 0.519 bits per heavy atom. The van der Waals surface area contributed by atoms with Crippen LogP contribution in [0, 0.1) is 5.92 Å². The van der Waals surface area contributed by atoms with Crippen LogP contribution in [0.15, 0.2) is 0 Å². The molecule has 3 heteroatoms. The molecule has 27 heavy (non-hydrogen) atoms. The highest BCUT2D eigenvalue weighted by atomic mass is 27.0. The third-order valence-electron chi connectivity index (χ3n) is 4.30. The second-order valence-electron chi connectivity index (χ2n) is 7.96. The Morgan fingerprint density at radius 3 is 0.889 bits per heavy atom. The first-order valence-corrected chi connectivity index (χ1v) is 13.0. The molecule has 164 valence electrons. The monoisotopic (exact) mass is 398 g/mol. The number of nitrogens with one attached hydrogen (secondary N) is 2. The molecule has 0 aliphatic rings. The maximum absolute atomic E-state index is 3.46. The summed E-state index contributed by atoms with van der Waals surface area (Å²) in [6.07, 6.45) is 16.2. The molecule has 0 aromatic rings. The zero-order valence-corrected chi connectivity index (χ0v) is 21.3. The third-order valence-corrected chi connectivity index (χ3v) is 5.24. The van der Waals surface area contributed by atoms with Gasteiger partial charge in [-0.1, -0.05) is 98.8 Å². The van der Waals surface area contributed by atoms with E-state index in [1.54, 1.807) is 0 Å². The molecular formula is C24H55AlN2. The smallest absolute Gasteiger partial charge is 0.118 e. The highest BCUT2D eigenvalue weighted by molar-refractivity contribution is 6.08. The zero-order valence-electron chi connectivity index (χ0n) is 20.2. The van der Waals surface area contributed by atoms with Gasteiger partial charge in [0.15, 0.2) is 0 Å². The Labute approximate surface area is 182 Å². The van der Waals surface area contributed by atoms with Crippen LogP contribution in [0.1, 0.15) is 119 Å². The predicted molar refractivity (Wildman–Crippen MR) is 129 cm³/mol. The summed E-state index contributed by atoms with van der Waals surface area (Å²) in [7, 11) is 0. The van der Waals surface area contributed by atoms with Gasteiger partial charge in [0, 0.05) is 0 Å². The van der Waals surface area contributed by atoms with Crippen molar-refractivity contribution in [1.29, 1.82) is 0 Å². The minimum atomic E-state index is 0.847. The van der Waals surface area contributed by atoms with Gasteiger partial charge in [0.05, 0.1) is 0 Å². The van der Waals surface area contributed by atoms with Crippen molar-refractivity contribution in [3.05, 3.63) is 0 Å². The molecule has 0 bridgehead atoms. The van der Waals surface area contributed by atoms with Gasteiger partial charge in [-0.3, -0.25) is 0 Å². The molecule has 0 saturated heterocycles. The minimum Gasteiger partial charge on any atom is -0.317 e. The van der Waals surface area contributed by atoms with Crippen LogP contribution in [0.2, 0.25) is 5.28 Å². The van der Waals surface area contributed by atoms with Gasteiger partial charge in [-0.2, -0.15) is 0 Å². The molecule has 0 aliphatic heterocycles. The molecule has 0 fully saturated rings. The molecule has 2 nitrogen and oxygen atoms in total. The molecule has 0 unspecified atom stereocenters. The molecule has 0 amide bonds. The molecule has 0 heterocycles. The second-order valence-corrected chi connectivity index (χ2v) is 8.43. The average molecular weight is 399 g/mol. The van der Waals surface area contributed by atoms with Gasteiger partial charge in [-0.15, -0.1) is 5.28 Å². The highest BCUT2D eigenvalue weighted by Crippen LogP contribution is 1.94. The second kappa shape index (κ2) is 34.0. The molecule has 2 N–H and O–H groups in total. The van der Waals surface area contributed by atoms with E-state index in [2.05, 4.69) is 68.5 Å². The zero-order chi connectivity index (χ0) is 21.0. The lowest BCUT2D eigenvalue weighted by atomic mass is 10.2. The predicted octanol–water partition coefficient (Wildman–Crippen LogP) is 7.14. The van der Waals surface area contributed by atoms with Crippen LogP contribution in [0.4, 0.5) is 0 Å². The standard InChI is InChI=1S/2C10H23N.C4H9.Al/c2*1-3-5-7-9-11-10-8-6-4-2;1-4(2)3;/h2*11H,3-10H2,1-2H3;4H,1H2,2-3H3;. The maximum Gasteiger partial charge on any atom is 0.118 e. The Bertz CT molecular complexity index is 177. The van der Waals surface area contributed by atoms with Gasteiger partial charge in [0.25, 0.3) is 0 Å². The molecule has 0 spiro atoms. The van der Waals surface area contributed by atoms with Crippen molar-refractivity contribution in [3.63, 3.8) is 0 Å². The molecule has 0 saturated carbocycles. The summed E-state index contributed by atoms with van der Waals surface area (Å²) >= 11 is 2.69. The van der Waals surface area contributed by atoms with Gasteiger partial charge in [-0.25, -0.2) is 0 Å². The highest BCUT2D eigenvalue weighted by Gasteiger charge is 1.88. The molecule has 0 aliphatic carbocycles. The van der Waals surface area contributed by atoms with Crippen LogP contribution >= 0.6 is 0 Å². The van der Waals surface area contributed by atoms with E-state index in [1.165, 1.54) is 109 Å². The summed E-state index contributed by atoms with van der Waals surface area (Å²) < 4.78 is 0. The maximum atomic E-state index is 3.46. The first-order chi connectivity index (χ1) is 13.1. The number of rotatable bonds is 17. The average Bonchev–Trinajstić information content (AvgIpc) is 2.68. The van der Waals surface area contributed by atoms with Crippen molar-refractivity contribution in [3.8, 4) is 0 Å². The summed E-state index contributed by atoms with van der Waals surface area (Å²) in [5, 5.41) is 8.13. The lowest BCUT2D eigenvalue weighted by molar-refractivity contribution is 0.583. The van der Waals surface area contributed by atoms with Crippen molar-refractivity contribution in [1.82, 2.24) is 10.6 Å². The fourth-order valence-corrected chi connectivity index (χ4v) is 2.25. The van der Waals surface area contributed by atoms with Gasteiger partial charge in [-0.05, 0) is 51.9 Å². The van der Waals surface area contributed by atoms with E-state index in [9.17, 15) is 0 Å². The van der Waals surface area contributed by atoms with Crippen LogP contribution in [0.25, 0.3) is 0 Å². The topological polar surface area (TPSA) is 24.1 Å². The molecule has 2 radical (unpaired) electrons. The normalized spacial score (nSPS) is 10.2. The van der Waals surface area contributed by atoms with Gasteiger partial charge >= 0.3 is 0 Å². The van der Waals surface area contributed by atoms with E-state index < -0.39 is 0 Å². The molecular weight excluding hydrogens is 343 g/mol. The minimum absolute atomic E-state index is 0.847. The number of unbranched alkanes of at least 4 members (excludes halogenated alkanes) is 8. The summed E-state index contributed by atoms with van der Waals surface area (Å²) in [6.45, 7) is 18.3. The summed E-state index contributed by atoms with van der Waals surface area (Å²) in [5.41, 5.74) is 0. The lowest BCUT2D eigenvalue weighted by Crippen LogP contribution is -2.16. The van der Waals surface area contributed by atoms with Crippen LogP contribution < -0.4 is 10.6 Å². The first kappa shape index (κ1) is 32.1.